The minimum Gasteiger partial charge on any atom is -0.398 e. The summed E-state index contributed by atoms with van der Waals surface area (Å²) in [6.45, 7) is 3.97. The van der Waals surface area contributed by atoms with Crippen LogP contribution in [0.15, 0.2) is 30.6 Å². The van der Waals surface area contributed by atoms with Crippen LogP contribution < -0.4 is 11.1 Å². The maximum absolute atomic E-state index is 13.6. The van der Waals surface area contributed by atoms with Gasteiger partial charge in [0.2, 0.25) is 0 Å². The van der Waals surface area contributed by atoms with Crippen molar-refractivity contribution in [3.05, 3.63) is 47.5 Å². The molecule has 1 atom stereocenters. The molecule has 0 aliphatic rings. The minimum atomic E-state index is -0.477. The van der Waals surface area contributed by atoms with Crippen LogP contribution >= 0.6 is 0 Å². The molecule has 0 bridgehead atoms. The first-order valence-electron chi connectivity index (χ1n) is 6.31. The van der Waals surface area contributed by atoms with E-state index < -0.39 is 5.82 Å². The third-order valence-corrected chi connectivity index (χ3v) is 3.04. The molecule has 2 aromatic rings. The Balaban J connectivity index is 2.04. The van der Waals surface area contributed by atoms with Crippen molar-refractivity contribution in [2.45, 2.75) is 26.4 Å². The van der Waals surface area contributed by atoms with E-state index in [1.165, 1.54) is 12.1 Å². The van der Waals surface area contributed by atoms with Gasteiger partial charge in [0, 0.05) is 35.2 Å². The normalized spacial score (nSPS) is 12.2. The van der Waals surface area contributed by atoms with Gasteiger partial charge in [-0.15, -0.1) is 0 Å². The smallest absolute Gasteiger partial charge is 0.251 e. The second-order valence-electron chi connectivity index (χ2n) is 4.77. The molecule has 1 amide bonds. The lowest BCUT2D eigenvalue weighted by atomic mass is 10.1. The topological polar surface area (TPSA) is 72.9 Å². The fourth-order valence-electron chi connectivity index (χ4n) is 1.87. The second-order valence-corrected chi connectivity index (χ2v) is 4.77. The van der Waals surface area contributed by atoms with Crippen LogP contribution in [0.1, 0.15) is 22.8 Å². The van der Waals surface area contributed by atoms with E-state index in [4.69, 9.17) is 5.73 Å². The highest BCUT2D eigenvalue weighted by Crippen LogP contribution is 2.17. The maximum Gasteiger partial charge on any atom is 0.251 e. The number of hydrogen-bond donors (Lipinski definition) is 2. The number of carbonyl (C=O) groups is 1. The molecular weight excluding hydrogens is 259 g/mol. The third kappa shape index (κ3) is 3.14. The van der Waals surface area contributed by atoms with E-state index in [-0.39, 0.29) is 23.2 Å². The third-order valence-electron chi connectivity index (χ3n) is 3.04. The predicted octanol–water partition coefficient (Wildman–Crippen LogP) is 1.73. The van der Waals surface area contributed by atoms with Crippen molar-refractivity contribution in [3.63, 3.8) is 0 Å². The van der Waals surface area contributed by atoms with E-state index >= 15 is 0 Å². The number of amides is 1. The van der Waals surface area contributed by atoms with Crippen molar-refractivity contribution in [1.82, 2.24) is 15.1 Å². The number of anilines is 1. The van der Waals surface area contributed by atoms with Gasteiger partial charge in [-0.05, 0) is 32.0 Å². The molecule has 1 aromatic heterocycles. The zero-order valence-corrected chi connectivity index (χ0v) is 11.4. The molecule has 0 aliphatic carbocycles. The van der Waals surface area contributed by atoms with Crippen LogP contribution in [-0.2, 0) is 6.54 Å². The molecule has 1 aromatic carbocycles. The van der Waals surface area contributed by atoms with E-state index in [0.717, 1.165) is 0 Å². The first-order chi connectivity index (χ1) is 9.47. The number of rotatable bonds is 4. The van der Waals surface area contributed by atoms with E-state index in [0.29, 0.717) is 12.1 Å². The average molecular weight is 276 g/mol. The molecule has 0 fully saturated rings. The molecule has 6 heteroatoms. The summed E-state index contributed by atoms with van der Waals surface area (Å²) in [6, 6.07) is 4.36. The van der Waals surface area contributed by atoms with Crippen molar-refractivity contribution < 1.29 is 9.18 Å². The standard InChI is InChI=1S/C14H17FN4O/c1-9(8-19-5-3-4-17-19)18-14(20)11-6-12(15)10(2)13(16)7-11/h3-7,9H,8,16H2,1-2H3,(H,18,20). The Labute approximate surface area is 116 Å². The van der Waals surface area contributed by atoms with Gasteiger partial charge in [-0.2, -0.15) is 5.10 Å². The van der Waals surface area contributed by atoms with Crippen LogP contribution in [0.2, 0.25) is 0 Å². The SMILES string of the molecule is Cc1c(N)cc(C(=O)NC(C)Cn2cccn2)cc1F. The summed E-state index contributed by atoms with van der Waals surface area (Å²) in [5.74, 6) is -0.829. The molecule has 0 saturated heterocycles. The Morgan fingerprint density at radius 3 is 2.90 bits per heavy atom. The second kappa shape index (κ2) is 5.73. The van der Waals surface area contributed by atoms with E-state index in [1.807, 2.05) is 19.2 Å². The molecule has 3 N–H and O–H groups in total. The fourth-order valence-corrected chi connectivity index (χ4v) is 1.87. The molecule has 0 spiro atoms. The Kier molecular flexibility index (Phi) is 4.02. The van der Waals surface area contributed by atoms with Gasteiger partial charge in [0.05, 0.1) is 6.54 Å². The lowest BCUT2D eigenvalue weighted by molar-refractivity contribution is 0.0935. The Hall–Kier alpha value is -2.37. The van der Waals surface area contributed by atoms with Gasteiger partial charge in [0.15, 0.2) is 0 Å². The Bertz CT molecular complexity index is 587. The van der Waals surface area contributed by atoms with E-state index in [1.54, 1.807) is 17.8 Å². The number of nitrogen functional groups attached to an aromatic ring is 1. The van der Waals surface area contributed by atoms with Gasteiger partial charge >= 0.3 is 0 Å². The number of nitrogens with one attached hydrogen (secondary N) is 1. The molecule has 0 aliphatic heterocycles. The van der Waals surface area contributed by atoms with Crippen molar-refractivity contribution >= 4 is 11.6 Å². The van der Waals surface area contributed by atoms with Crippen LogP contribution in [0.4, 0.5) is 10.1 Å². The zero-order valence-electron chi connectivity index (χ0n) is 11.4. The van der Waals surface area contributed by atoms with Crippen molar-refractivity contribution in [2.75, 3.05) is 5.73 Å². The van der Waals surface area contributed by atoms with Crippen LogP contribution in [0.5, 0.6) is 0 Å². The Morgan fingerprint density at radius 1 is 1.55 bits per heavy atom. The molecule has 0 radical (unpaired) electrons. The number of nitrogens with two attached hydrogens (primary N) is 1. The molecule has 2 rings (SSSR count). The van der Waals surface area contributed by atoms with Crippen molar-refractivity contribution in [2.24, 2.45) is 0 Å². The van der Waals surface area contributed by atoms with Crippen molar-refractivity contribution in [3.8, 4) is 0 Å². The number of aromatic nitrogens is 2. The number of halogens is 1. The number of benzene rings is 1. The van der Waals surface area contributed by atoms with Gasteiger partial charge in [-0.1, -0.05) is 0 Å². The molecule has 20 heavy (non-hydrogen) atoms. The van der Waals surface area contributed by atoms with Crippen molar-refractivity contribution in [1.29, 1.82) is 0 Å². The zero-order chi connectivity index (χ0) is 14.7. The first kappa shape index (κ1) is 14.0. The quantitative estimate of drug-likeness (QED) is 0.835. The van der Waals surface area contributed by atoms with Gasteiger partial charge in [0.25, 0.3) is 5.91 Å². The van der Waals surface area contributed by atoms with Crippen LogP contribution in [0.3, 0.4) is 0 Å². The van der Waals surface area contributed by atoms with Gasteiger partial charge < -0.3 is 11.1 Å². The lowest BCUT2D eigenvalue weighted by Gasteiger charge is -2.14. The number of nitrogens with zero attached hydrogens (tertiary/aromatic N) is 2. The van der Waals surface area contributed by atoms with Gasteiger partial charge in [-0.3, -0.25) is 9.48 Å². The molecule has 0 saturated carbocycles. The van der Waals surface area contributed by atoms with Crippen LogP contribution in [0, 0.1) is 12.7 Å². The lowest BCUT2D eigenvalue weighted by Crippen LogP contribution is -2.35. The van der Waals surface area contributed by atoms with Gasteiger partial charge in [-0.25, -0.2) is 4.39 Å². The highest BCUT2D eigenvalue weighted by molar-refractivity contribution is 5.95. The summed E-state index contributed by atoms with van der Waals surface area (Å²) >= 11 is 0. The van der Waals surface area contributed by atoms with E-state index in [9.17, 15) is 9.18 Å². The predicted molar refractivity (Wildman–Crippen MR) is 74.7 cm³/mol. The first-order valence-corrected chi connectivity index (χ1v) is 6.31. The highest BCUT2D eigenvalue weighted by Gasteiger charge is 2.13. The molecule has 1 heterocycles. The summed E-state index contributed by atoms with van der Waals surface area (Å²) in [5.41, 5.74) is 6.51. The summed E-state index contributed by atoms with van der Waals surface area (Å²) < 4.78 is 15.3. The van der Waals surface area contributed by atoms with Crippen LogP contribution in [-0.4, -0.2) is 21.7 Å². The number of carbonyl (C=O) groups excluding carboxylic acids is 1. The molecule has 5 nitrogen and oxygen atoms in total. The molecule has 1 unspecified atom stereocenters. The van der Waals surface area contributed by atoms with E-state index in [2.05, 4.69) is 10.4 Å². The highest BCUT2D eigenvalue weighted by atomic mass is 19.1. The van der Waals surface area contributed by atoms with Crippen LogP contribution in [0.25, 0.3) is 0 Å². The largest absolute Gasteiger partial charge is 0.398 e. The summed E-state index contributed by atoms with van der Waals surface area (Å²) in [5, 5.41) is 6.85. The average Bonchev–Trinajstić information content (AvgIpc) is 2.87. The Morgan fingerprint density at radius 2 is 2.30 bits per heavy atom. The number of hydrogen-bond acceptors (Lipinski definition) is 3. The molecular formula is C14H17FN4O. The maximum atomic E-state index is 13.6. The monoisotopic (exact) mass is 276 g/mol. The summed E-state index contributed by atoms with van der Waals surface area (Å²) in [4.78, 5) is 12.0. The molecule has 106 valence electrons. The van der Waals surface area contributed by atoms with Gasteiger partial charge in [0.1, 0.15) is 5.82 Å². The summed E-state index contributed by atoms with van der Waals surface area (Å²) in [6.07, 6.45) is 3.48. The minimum absolute atomic E-state index is 0.131. The fraction of sp³-hybridized carbons (Fsp3) is 0.286. The summed E-state index contributed by atoms with van der Waals surface area (Å²) in [7, 11) is 0.